The van der Waals surface area contributed by atoms with Crippen LogP contribution in [0, 0.1) is 0 Å². The number of imidazole rings is 1. The number of anilines is 1. The molecule has 4 heterocycles. The number of fused-ring (bicyclic) bond motifs is 2. The van der Waals surface area contributed by atoms with E-state index in [1.165, 1.54) is 6.33 Å². The highest BCUT2D eigenvalue weighted by Gasteiger charge is 2.47. The van der Waals surface area contributed by atoms with E-state index in [2.05, 4.69) is 25.2 Å². The number of nitrogens with one attached hydrogen (secondary N) is 1. The number of piperidine rings is 1. The molecular formula is C17H22N6O3. The molecule has 1 atom stereocenters. The van der Waals surface area contributed by atoms with Gasteiger partial charge < -0.3 is 24.3 Å². The molecule has 1 N–H and O–H groups in total. The zero-order valence-electron chi connectivity index (χ0n) is 14.9. The Morgan fingerprint density at radius 2 is 2.15 bits per heavy atom. The van der Waals surface area contributed by atoms with Gasteiger partial charge in [-0.15, -0.1) is 0 Å². The second-order valence-corrected chi connectivity index (χ2v) is 6.52. The van der Waals surface area contributed by atoms with Crippen LogP contribution >= 0.6 is 0 Å². The molecule has 0 saturated carbocycles. The Kier molecular flexibility index (Phi) is 4.23. The minimum absolute atomic E-state index is 0.105. The molecule has 0 radical (unpaired) electrons. The van der Waals surface area contributed by atoms with E-state index in [0.29, 0.717) is 12.4 Å². The first-order valence-electron chi connectivity index (χ1n) is 8.67. The summed E-state index contributed by atoms with van der Waals surface area (Å²) in [6, 6.07) is 1.83. The fourth-order valence-corrected chi connectivity index (χ4v) is 3.75. The molecule has 1 unspecified atom stereocenters. The zero-order chi connectivity index (χ0) is 18.1. The highest BCUT2D eigenvalue weighted by molar-refractivity contribution is 5.80. The molecule has 2 aliphatic rings. The predicted octanol–water partition coefficient (Wildman–Crippen LogP) is 0.322. The quantitative estimate of drug-likeness (QED) is 0.844. The SMILES string of the molecule is CNC(=O)C1Cn2ccnc2C2(CCN(c3cc(OC)ncn3)CC2)O1. The van der Waals surface area contributed by atoms with E-state index in [1.54, 1.807) is 20.4 Å². The van der Waals surface area contributed by atoms with Gasteiger partial charge in [0, 0.05) is 51.4 Å². The maximum atomic E-state index is 12.2. The number of nitrogens with zero attached hydrogens (tertiary/aromatic N) is 5. The van der Waals surface area contributed by atoms with Gasteiger partial charge in [0.1, 0.15) is 23.6 Å². The number of rotatable bonds is 3. The van der Waals surface area contributed by atoms with Crippen LogP contribution in [0.15, 0.2) is 24.8 Å². The van der Waals surface area contributed by atoms with Crippen LogP contribution in [0.25, 0.3) is 0 Å². The number of carbonyl (C=O) groups is 1. The molecule has 0 aromatic carbocycles. The fraction of sp³-hybridized carbons (Fsp3) is 0.529. The minimum atomic E-state index is -0.549. The van der Waals surface area contributed by atoms with Crippen LogP contribution < -0.4 is 15.0 Å². The van der Waals surface area contributed by atoms with E-state index in [-0.39, 0.29) is 5.91 Å². The maximum Gasteiger partial charge on any atom is 0.250 e. The lowest BCUT2D eigenvalue weighted by Gasteiger charge is -2.45. The number of methoxy groups -OCH3 is 1. The maximum absolute atomic E-state index is 12.2. The molecule has 1 spiro atoms. The van der Waals surface area contributed by atoms with Crippen LogP contribution in [0.2, 0.25) is 0 Å². The summed E-state index contributed by atoms with van der Waals surface area (Å²) in [6.07, 6.45) is 6.13. The Bertz CT molecular complexity index is 799. The smallest absolute Gasteiger partial charge is 0.250 e. The standard InChI is InChI=1S/C17H22N6O3/c1-18-15(24)12-10-23-8-5-19-16(23)17(26-12)3-6-22(7-4-17)13-9-14(25-2)21-11-20-13/h5,8-9,11-12H,3-4,6-7,10H2,1-2H3,(H,18,24). The van der Waals surface area contributed by atoms with Crippen LogP contribution in [0.4, 0.5) is 5.82 Å². The molecular weight excluding hydrogens is 336 g/mol. The zero-order valence-corrected chi connectivity index (χ0v) is 14.9. The summed E-state index contributed by atoms with van der Waals surface area (Å²) in [5.41, 5.74) is -0.549. The first-order chi connectivity index (χ1) is 12.6. The number of hydrogen-bond donors (Lipinski definition) is 1. The van der Waals surface area contributed by atoms with Crippen LogP contribution in [0.1, 0.15) is 18.7 Å². The number of amides is 1. The van der Waals surface area contributed by atoms with Gasteiger partial charge in [-0.25, -0.2) is 15.0 Å². The molecule has 4 rings (SSSR count). The van der Waals surface area contributed by atoms with Crippen molar-refractivity contribution < 1.29 is 14.3 Å². The molecule has 0 aliphatic carbocycles. The third kappa shape index (κ3) is 2.78. The van der Waals surface area contributed by atoms with Crippen molar-refractivity contribution in [3.8, 4) is 5.88 Å². The summed E-state index contributed by atoms with van der Waals surface area (Å²) in [5, 5.41) is 2.69. The topological polar surface area (TPSA) is 94.4 Å². The average Bonchev–Trinajstić information content (AvgIpc) is 3.17. The first-order valence-corrected chi connectivity index (χ1v) is 8.67. The Morgan fingerprint density at radius 1 is 1.35 bits per heavy atom. The third-order valence-electron chi connectivity index (χ3n) is 5.12. The fourth-order valence-electron chi connectivity index (χ4n) is 3.75. The summed E-state index contributed by atoms with van der Waals surface area (Å²) in [6.45, 7) is 1.98. The molecule has 2 aromatic heterocycles. The molecule has 9 heteroatoms. The van der Waals surface area contributed by atoms with Gasteiger partial charge in [-0.05, 0) is 0 Å². The van der Waals surface area contributed by atoms with Crippen molar-refractivity contribution in [3.05, 3.63) is 30.6 Å². The number of ether oxygens (including phenoxy) is 2. The lowest BCUT2D eigenvalue weighted by atomic mass is 9.88. The van der Waals surface area contributed by atoms with Crippen LogP contribution in [-0.4, -0.2) is 58.8 Å². The van der Waals surface area contributed by atoms with Gasteiger partial charge in [0.2, 0.25) is 5.88 Å². The van der Waals surface area contributed by atoms with Crippen LogP contribution in [0.5, 0.6) is 5.88 Å². The lowest BCUT2D eigenvalue weighted by molar-refractivity contribution is -0.166. The summed E-state index contributed by atoms with van der Waals surface area (Å²) < 4.78 is 13.5. The van der Waals surface area contributed by atoms with E-state index in [1.807, 2.05) is 16.8 Å². The Labute approximate surface area is 151 Å². The molecule has 1 amide bonds. The molecule has 1 fully saturated rings. The molecule has 138 valence electrons. The lowest BCUT2D eigenvalue weighted by Crippen LogP contribution is -2.54. The van der Waals surface area contributed by atoms with E-state index in [4.69, 9.17) is 9.47 Å². The minimum Gasteiger partial charge on any atom is -0.481 e. The molecule has 2 aromatic rings. The number of aromatic nitrogens is 4. The Balaban J connectivity index is 1.56. The van der Waals surface area contributed by atoms with Gasteiger partial charge in [0.05, 0.1) is 13.7 Å². The average molecular weight is 358 g/mol. The van der Waals surface area contributed by atoms with Crippen LogP contribution in [0.3, 0.4) is 0 Å². The molecule has 2 aliphatic heterocycles. The second-order valence-electron chi connectivity index (χ2n) is 6.52. The van der Waals surface area contributed by atoms with E-state index < -0.39 is 11.7 Å². The van der Waals surface area contributed by atoms with Gasteiger partial charge in [0.25, 0.3) is 5.91 Å². The first kappa shape index (κ1) is 16.8. The Morgan fingerprint density at radius 3 is 2.88 bits per heavy atom. The van der Waals surface area contributed by atoms with Gasteiger partial charge >= 0.3 is 0 Å². The van der Waals surface area contributed by atoms with Crippen molar-refractivity contribution >= 4 is 11.7 Å². The van der Waals surface area contributed by atoms with Crippen molar-refractivity contribution in [1.29, 1.82) is 0 Å². The van der Waals surface area contributed by atoms with E-state index in [9.17, 15) is 4.79 Å². The van der Waals surface area contributed by atoms with Crippen molar-refractivity contribution in [2.24, 2.45) is 0 Å². The molecule has 26 heavy (non-hydrogen) atoms. The number of hydrogen-bond acceptors (Lipinski definition) is 7. The summed E-state index contributed by atoms with van der Waals surface area (Å²) in [4.78, 5) is 27.3. The monoisotopic (exact) mass is 358 g/mol. The summed E-state index contributed by atoms with van der Waals surface area (Å²) in [5.74, 6) is 2.16. The van der Waals surface area contributed by atoms with Crippen LogP contribution in [-0.2, 0) is 21.7 Å². The predicted molar refractivity (Wildman–Crippen MR) is 92.9 cm³/mol. The van der Waals surface area contributed by atoms with E-state index >= 15 is 0 Å². The Hall–Kier alpha value is -2.68. The number of likely N-dealkylation sites (N-methyl/N-ethyl adjacent to an activating group) is 1. The normalized spacial score (nSPS) is 21.3. The van der Waals surface area contributed by atoms with Gasteiger partial charge in [-0.1, -0.05) is 0 Å². The van der Waals surface area contributed by atoms with Crippen molar-refractivity contribution in [1.82, 2.24) is 24.8 Å². The van der Waals surface area contributed by atoms with E-state index in [0.717, 1.165) is 37.6 Å². The highest BCUT2D eigenvalue weighted by Crippen LogP contribution is 2.40. The second kappa shape index (κ2) is 6.56. The molecule has 1 saturated heterocycles. The van der Waals surface area contributed by atoms with Crippen molar-refractivity contribution in [2.45, 2.75) is 31.1 Å². The van der Waals surface area contributed by atoms with Gasteiger partial charge in [-0.2, -0.15) is 0 Å². The number of carbonyl (C=O) groups excluding carboxylic acids is 1. The summed E-state index contributed by atoms with van der Waals surface area (Å²) >= 11 is 0. The molecule has 0 bridgehead atoms. The van der Waals surface area contributed by atoms with Crippen molar-refractivity contribution in [3.63, 3.8) is 0 Å². The molecule has 9 nitrogen and oxygen atoms in total. The third-order valence-corrected chi connectivity index (χ3v) is 5.12. The van der Waals surface area contributed by atoms with Crippen molar-refractivity contribution in [2.75, 3.05) is 32.1 Å². The highest BCUT2D eigenvalue weighted by atomic mass is 16.5. The largest absolute Gasteiger partial charge is 0.481 e. The summed E-state index contributed by atoms with van der Waals surface area (Å²) in [7, 11) is 3.22. The van der Waals surface area contributed by atoms with Gasteiger partial charge in [0.15, 0.2) is 6.10 Å². The van der Waals surface area contributed by atoms with Gasteiger partial charge in [-0.3, -0.25) is 4.79 Å².